The molecule has 0 spiro atoms. The van der Waals surface area contributed by atoms with Gasteiger partial charge in [0.1, 0.15) is 0 Å². The SMILES string of the molecule is Cc1ccc(NC(=O)NCC2CCCC2O)cc1C. The number of aliphatic hydroxyl groups is 1. The summed E-state index contributed by atoms with van der Waals surface area (Å²) < 4.78 is 0. The number of hydrogen-bond acceptors (Lipinski definition) is 2. The zero-order valence-corrected chi connectivity index (χ0v) is 11.6. The summed E-state index contributed by atoms with van der Waals surface area (Å²) in [6.45, 7) is 4.60. The summed E-state index contributed by atoms with van der Waals surface area (Å²) in [5.41, 5.74) is 3.16. The predicted octanol–water partition coefficient (Wildman–Crippen LogP) is 2.59. The third-order valence-corrected chi connectivity index (χ3v) is 3.91. The molecule has 0 aromatic heterocycles. The summed E-state index contributed by atoms with van der Waals surface area (Å²) in [5.74, 6) is 0.200. The van der Waals surface area contributed by atoms with Crippen LogP contribution in [0.25, 0.3) is 0 Å². The van der Waals surface area contributed by atoms with Crippen LogP contribution in [-0.2, 0) is 0 Å². The van der Waals surface area contributed by atoms with E-state index in [0.717, 1.165) is 30.5 Å². The summed E-state index contributed by atoms with van der Waals surface area (Å²) in [6, 6.07) is 5.64. The minimum Gasteiger partial charge on any atom is -0.393 e. The fourth-order valence-electron chi connectivity index (χ4n) is 2.47. The fraction of sp³-hybridized carbons (Fsp3) is 0.533. The molecule has 0 saturated heterocycles. The molecular formula is C15H22N2O2. The first-order valence-corrected chi connectivity index (χ1v) is 6.86. The van der Waals surface area contributed by atoms with Gasteiger partial charge >= 0.3 is 6.03 Å². The molecule has 19 heavy (non-hydrogen) atoms. The molecule has 2 amide bonds. The predicted molar refractivity (Wildman–Crippen MR) is 76.3 cm³/mol. The molecule has 0 aliphatic heterocycles. The largest absolute Gasteiger partial charge is 0.393 e. The lowest BCUT2D eigenvalue weighted by molar-refractivity contribution is 0.133. The second-order valence-electron chi connectivity index (χ2n) is 5.39. The van der Waals surface area contributed by atoms with Gasteiger partial charge < -0.3 is 15.7 Å². The van der Waals surface area contributed by atoms with Gasteiger partial charge in [-0.3, -0.25) is 0 Å². The van der Waals surface area contributed by atoms with Crippen molar-refractivity contribution in [1.29, 1.82) is 0 Å². The molecule has 4 heteroatoms. The Kier molecular flexibility index (Phi) is 4.43. The van der Waals surface area contributed by atoms with E-state index in [1.807, 2.05) is 32.0 Å². The average molecular weight is 262 g/mol. The van der Waals surface area contributed by atoms with Crippen molar-refractivity contribution in [2.45, 2.75) is 39.2 Å². The number of carbonyl (C=O) groups is 1. The lowest BCUT2D eigenvalue weighted by Gasteiger charge is -2.15. The van der Waals surface area contributed by atoms with E-state index in [1.54, 1.807) is 0 Å². The first-order chi connectivity index (χ1) is 9.06. The van der Waals surface area contributed by atoms with Crippen LogP contribution in [0.2, 0.25) is 0 Å². The van der Waals surface area contributed by atoms with E-state index in [9.17, 15) is 9.90 Å². The Bertz CT molecular complexity index is 459. The Morgan fingerprint density at radius 3 is 2.74 bits per heavy atom. The Morgan fingerprint density at radius 2 is 2.11 bits per heavy atom. The van der Waals surface area contributed by atoms with Gasteiger partial charge in [0, 0.05) is 18.2 Å². The number of rotatable bonds is 3. The Hall–Kier alpha value is -1.55. The lowest BCUT2D eigenvalue weighted by atomic mass is 10.1. The minimum atomic E-state index is -0.262. The number of carbonyl (C=O) groups excluding carboxylic acids is 1. The van der Waals surface area contributed by atoms with Gasteiger partial charge in [0.2, 0.25) is 0 Å². The number of aliphatic hydroxyl groups excluding tert-OH is 1. The maximum absolute atomic E-state index is 11.8. The van der Waals surface area contributed by atoms with Crippen LogP contribution in [-0.4, -0.2) is 23.8 Å². The maximum Gasteiger partial charge on any atom is 0.319 e. The zero-order chi connectivity index (χ0) is 13.8. The molecule has 1 fully saturated rings. The van der Waals surface area contributed by atoms with E-state index >= 15 is 0 Å². The van der Waals surface area contributed by atoms with Gasteiger partial charge in [-0.05, 0) is 49.9 Å². The van der Waals surface area contributed by atoms with Crippen LogP contribution in [0.15, 0.2) is 18.2 Å². The Morgan fingerprint density at radius 1 is 1.32 bits per heavy atom. The van der Waals surface area contributed by atoms with Crippen LogP contribution in [0.5, 0.6) is 0 Å². The second-order valence-corrected chi connectivity index (χ2v) is 5.39. The summed E-state index contributed by atoms with van der Waals surface area (Å²) in [4.78, 5) is 11.8. The highest BCUT2D eigenvalue weighted by atomic mass is 16.3. The molecule has 3 N–H and O–H groups in total. The molecule has 1 aliphatic rings. The Balaban J connectivity index is 1.82. The van der Waals surface area contributed by atoms with Crippen LogP contribution in [0.4, 0.5) is 10.5 Å². The quantitative estimate of drug-likeness (QED) is 0.784. The topological polar surface area (TPSA) is 61.4 Å². The van der Waals surface area contributed by atoms with E-state index in [-0.39, 0.29) is 18.1 Å². The monoisotopic (exact) mass is 262 g/mol. The molecule has 1 saturated carbocycles. The van der Waals surface area contributed by atoms with Gasteiger partial charge in [-0.2, -0.15) is 0 Å². The highest BCUT2D eigenvalue weighted by Gasteiger charge is 2.25. The minimum absolute atomic E-state index is 0.200. The number of hydrogen-bond donors (Lipinski definition) is 3. The van der Waals surface area contributed by atoms with Crippen LogP contribution >= 0.6 is 0 Å². The number of benzene rings is 1. The molecule has 2 atom stereocenters. The highest BCUT2D eigenvalue weighted by Crippen LogP contribution is 2.24. The van der Waals surface area contributed by atoms with Gasteiger partial charge in [0.25, 0.3) is 0 Å². The molecule has 1 aliphatic carbocycles. The summed E-state index contributed by atoms with van der Waals surface area (Å²) in [6.07, 6.45) is 2.63. The molecule has 104 valence electrons. The van der Waals surface area contributed by atoms with Crippen LogP contribution in [0.1, 0.15) is 30.4 Å². The Labute approximate surface area is 114 Å². The van der Waals surface area contributed by atoms with Crippen LogP contribution in [0, 0.1) is 19.8 Å². The summed E-state index contributed by atoms with van der Waals surface area (Å²) >= 11 is 0. The van der Waals surface area contributed by atoms with Crippen molar-refractivity contribution < 1.29 is 9.90 Å². The van der Waals surface area contributed by atoms with Crippen molar-refractivity contribution in [3.05, 3.63) is 29.3 Å². The molecule has 1 aromatic rings. The normalized spacial score (nSPS) is 22.3. The molecule has 2 unspecified atom stereocenters. The van der Waals surface area contributed by atoms with Crippen molar-refractivity contribution in [2.75, 3.05) is 11.9 Å². The molecule has 0 bridgehead atoms. The first-order valence-electron chi connectivity index (χ1n) is 6.86. The van der Waals surface area contributed by atoms with E-state index in [2.05, 4.69) is 10.6 Å². The van der Waals surface area contributed by atoms with Crippen LogP contribution in [0.3, 0.4) is 0 Å². The van der Waals surface area contributed by atoms with Crippen molar-refractivity contribution in [1.82, 2.24) is 5.32 Å². The second kappa shape index (κ2) is 6.06. The third kappa shape index (κ3) is 3.70. The van der Waals surface area contributed by atoms with E-state index in [0.29, 0.717) is 6.54 Å². The summed E-state index contributed by atoms with van der Waals surface area (Å²) in [5, 5.41) is 15.3. The molecule has 4 nitrogen and oxygen atoms in total. The molecular weight excluding hydrogens is 240 g/mol. The van der Waals surface area contributed by atoms with Gasteiger partial charge in [-0.1, -0.05) is 12.5 Å². The number of amides is 2. The molecule has 0 heterocycles. The zero-order valence-electron chi connectivity index (χ0n) is 11.6. The molecule has 2 rings (SSSR count). The summed E-state index contributed by atoms with van der Waals surface area (Å²) in [7, 11) is 0. The number of anilines is 1. The maximum atomic E-state index is 11.8. The molecule has 0 radical (unpaired) electrons. The van der Waals surface area contributed by atoms with Gasteiger partial charge in [-0.25, -0.2) is 4.79 Å². The van der Waals surface area contributed by atoms with E-state index in [1.165, 1.54) is 5.56 Å². The third-order valence-electron chi connectivity index (χ3n) is 3.91. The van der Waals surface area contributed by atoms with Gasteiger partial charge in [0.05, 0.1) is 6.10 Å². The number of aryl methyl sites for hydroxylation is 2. The van der Waals surface area contributed by atoms with Crippen molar-refractivity contribution in [3.8, 4) is 0 Å². The number of urea groups is 1. The van der Waals surface area contributed by atoms with Gasteiger partial charge in [0.15, 0.2) is 0 Å². The fourth-order valence-corrected chi connectivity index (χ4v) is 2.47. The van der Waals surface area contributed by atoms with Crippen molar-refractivity contribution in [3.63, 3.8) is 0 Å². The van der Waals surface area contributed by atoms with Crippen molar-refractivity contribution in [2.24, 2.45) is 5.92 Å². The van der Waals surface area contributed by atoms with E-state index in [4.69, 9.17) is 0 Å². The lowest BCUT2D eigenvalue weighted by Crippen LogP contribution is -2.35. The first kappa shape index (κ1) is 13.9. The highest BCUT2D eigenvalue weighted by molar-refractivity contribution is 5.89. The molecule has 1 aromatic carbocycles. The average Bonchev–Trinajstić information content (AvgIpc) is 2.77. The van der Waals surface area contributed by atoms with Crippen LogP contribution < -0.4 is 10.6 Å². The van der Waals surface area contributed by atoms with Crippen molar-refractivity contribution >= 4 is 11.7 Å². The van der Waals surface area contributed by atoms with Gasteiger partial charge in [-0.15, -0.1) is 0 Å². The van der Waals surface area contributed by atoms with E-state index < -0.39 is 0 Å². The standard InChI is InChI=1S/C15H22N2O2/c1-10-6-7-13(8-11(10)2)17-15(19)16-9-12-4-3-5-14(12)18/h6-8,12,14,18H,3-5,9H2,1-2H3,(H2,16,17,19). The smallest absolute Gasteiger partial charge is 0.319 e. The number of nitrogens with one attached hydrogen (secondary N) is 2.